The van der Waals surface area contributed by atoms with Crippen LogP contribution in [0.5, 0.6) is 5.75 Å². The molecule has 0 spiro atoms. The fraction of sp³-hybridized carbons (Fsp3) is 0.273. The molecule has 1 aromatic carbocycles. The molecule has 0 saturated heterocycles. The SMILES string of the molecule is CSCc1noc(Cc2ccc(O)cc2)n1. The third kappa shape index (κ3) is 2.76. The summed E-state index contributed by atoms with van der Waals surface area (Å²) in [6.45, 7) is 0. The van der Waals surface area contributed by atoms with Crippen LogP contribution < -0.4 is 0 Å². The van der Waals surface area contributed by atoms with E-state index >= 15 is 0 Å². The van der Waals surface area contributed by atoms with Gasteiger partial charge in [-0.2, -0.15) is 16.7 Å². The molecule has 0 fully saturated rings. The summed E-state index contributed by atoms with van der Waals surface area (Å²) in [6.07, 6.45) is 2.59. The van der Waals surface area contributed by atoms with E-state index in [1.54, 1.807) is 23.9 Å². The Morgan fingerprint density at radius 3 is 2.75 bits per heavy atom. The highest BCUT2D eigenvalue weighted by atomic mass is 32.2. The maximum atomic E-state index is 9.14. The predicted molar refractivity (Wildman–Crippen MR) is 62.4 cm³/mol. The molecule has 0 bridgehead atoms. The van der Waals surface area contributed by atoms with E-state index in [1.807, 2.05) is 18.4 Å². The van der Waals surface area contributed by atoms with Crippen molar-refractivity contribution < 1.29 is 9.63 Å². The van der Waals surface area contributed by atoms with E-state index in [0.29, 0.717) is 12.3 Å². The summed E-state index contributed by atoms with van der Waals surface area (Å²) in [4.78, 5) is 4.26. The first kappa shape index (κ1) is 11.0. The third-order valence-corrected chi connectivity index (χ3v) is 2.62. The number of phenolic OH excluding ortho intramolecular Hbond substituents is 1. The van der Waals surface area contributed by atoms with Crippen molar-refractivity contribution in [2.24, 2.45) is 0 Å². The standard InChI is InChI=1S/C11H12N2O2S/c1-16-7-10-12-11(15-13-10)6-8-2-4-9(14)5-3-8/h2-5,14H,6-7H2,1H3. The molecule has 4 nitrogen and oxygen atoms in total. The van der Waals surface area contributed by atoms with E-state index in [4.69, 9.17) is 9.63 Å². The monoisotopic (exact) mass is 236 g/mol. The van der Waals surface area contributed by atoms with Gasteiger partial charge in [-0.25, -0.2) is 0 Å². The topological polar surface area (TPSA) is 59.2 Å². The van der Waals surface area contributed by atoms with Gasteiger partial charge < -0.3 is 9.63 Å². The summed E-state index contributed by atoms with van der Waals surface area (Å²) in [6, 6.07) is 6.98. The minimum Gasteiger partial charge on any atom is -0.508 e. The molecule has 2 rings (SSSR count). The summed E-state index contributed by atoms with van der Waals surface area (Å²) in [5.41, 5.74) is 1.04. The smallest absolute Gasteiger partial charge is 0.231 e. The first-order valence-corrected chi connectivity index (χ1v) is 6.25. The van der Waals surface area contributed by atoms with Gasteiger partial charge in [-0.05, 0) is 24.0 Å². The number of aromatic hydroxyl groups is 1. The number of rotatable bonds is 4. The number of hydrogen-bond acceptors (Lipinski definition) is 5. The molecule has 84 valence electrons. The maximum absolute atomic E-state index is 9.14. The minimum atomic E-state index is 0.261. The van der Waals surface area contributed by atoms with Crippen LogP contribution in [-0.2, 0) is 12.2 Å². The van der Waals surface area contributed by atoms with E-state index in [0.717, 1.165) is 17.1 Å². The van der Waals surface area contributed by atoms with E-state index in [-0.39, 0.29) is 5.75 Å². The van der Waals surface area contributed by atoms with Crippen molar-refractivity contribution in [3.05, 3.63) is 41.5 Å². The zero-order valence-corrected chi connectivity index (χ0v) is 9.70. The van der Waals surface area contributed by atoms with Gasteiger partial charge in [-0.3, -0.25) is 0 Å². The molecule has 2 aromatic rings. The lowest BCUT2D eigenvalue weighted by Gasteiger charge is -1.96. The molecule has 1 N–H and O–H groups in total. The van der Waals surface area contributed by atoms with Gasteiger partial charge >= 0.3 is 0 Å². The quantitative estimate of drug-likeness (QED) is 0.882. The highest BCUT2D eigenvalue weighted by Gasteiger charge is 2.06. The normalized spacial score (nSPS) is 10.6. The molecule has 0 radical (unpaired) electrons. The minimum absolute atomic E-state index is 0.261. The highest BCUT2D eigenvalue weighted by Crippen LogP contribution is 2.13. The Hall–Kier alpha value is -1.49. The van der Waals surface area contributed by atoms with Crippen molar-refractivity contribution in [2.75, 3.05) is 6.26 Å². The van der Waals surface area contributed by atoms with E-state index < -0.39 is 0 Å². The van der Waals surface area contributed by atoms with Crippen molar-refractivity contribution in [3.8, 4) is 5.75 Å². The summed E-state index contributed by atoms with van der Waals surface area (Å²) in [5, 5.41) is 13.0. The van der Waals surface area contributed by atoms with Crippen molar-refractivity contribution in [1.29, 1.82) is 0 Å². The summed E-state index contributed by atoms with van der Waals surface area (Å²) in [7, 11) is 0. The zero-order valence-electron chi connectivity index (χ0n) is 8.88. The molecule has 0 unspecified atom stereocenters. The molecule has 0 aliphatic rings. The molecular formula is C11H12N2O2S. The predicted octanol–water partition coefficient (Wildman–Crippen LogP) is 2.23. The van der Waals surface area contributed by atoms with Gasteiger partial charge in [0.25, 0.3) is 0 Å². The number of hydrogen-bond donors (Lipinski definition) is 1. The Morgan fingerprint density at radius 1 is 1.31 bits per heavy atom. The van der Waals surface area contributed by atoms with Crippen molar-refractivity contribution >= 4 is 11.8 Å². The average Bonchev–Trinajstić information content (AvgIpc) is 2.70. The van der Waals surface area contributed by atoms with Crippen molar-refractivity contribution in [3.63, 3.8) is 0 Å². The Bertz CT molecular complexity index is 453. The van der Waals surface area contributed by atoms with E-state index in [2.05, 4.69) is 10.1 Å². The number of aromatic nitrogens is 2. The van der Waals surface area contributed by atoms with Gasteiger partial charge in [0.2, 0.25) is 5.89 Å². The highest BCUT2D eigenvalue weighted by molar-refractivity contribution is 7.97. The maximum Gasteiger partial charge on any atom is 0.231 e. The Kier molecular flexibility index (Phi) is 3.46. The van der Waals surface area contributed by atoms with Crippen LogP contribution in [-0.4, -0.2) is 21.5 Å². The second-order valence-electron chi connectivity index (χ2n) is 3.38. The van der Waals surface area contributed by atoms with Crippen LogP contribution in [0.3, 0.4) is 0 Å². The summed E-state index contributed by atoms with van der Waals surface area (Å²) >= 11 is 1.66. The molecule has 0 atom stereocenters. The Morgan fingerprint density at radius 2 is 2.06 bits per heavy atom. The van der Waals surface area contributed by atoms with Gasteiger partial charge in [0.05, 0.1) is 12.2 Å². The van der Waals surface area contributed by atoms with Crippen molar-refractivity contribution in [2.45, 2.75) is 12.2 Å². The molecule has 1 aromatic heterocycles. The van der Waals surface area contributed by atoms with Crippen molar-refractivity contribution in [1.82, 2.24) is 10.1 Å². The van der Waals surface area contributed by atoms with Gasteiger partial charge in [0.15, 0.2) is 5.82 Å². The van der Waals surface area contributed by atoms with E-state index in [1.165, 1.54) is 0 Å². The second-order valence-corrected chi connectivity index (χ2v) is 4.25. The van der Waals surface area contributed by atoms with Gasteiger partial charge in [0, 0.05) is 0 Å². The lowest BCUT2D eigenvalue weighted by Crippen LogP contribution is -1.89. The summed E-state index contributed by atoms with van der Waals surface area (Å²) in [5.74, 6) is 2.35. The van der Waals surface area contributed by atoms with Gasteiger partial charge in [-0.1, -0.05) is 17.3 Å². The molecule has 1 heterocycles. The molecule has 5 heteroatoms. The lowest BCUT2D eigenvalue weighted by atomic mass is 10.1. The number of thioether (sulfide) groups is 1. The number of phenols is 1. The molecule has 0 aliphatic carbocycles. The number of nitrogens with zero attached hydrogens (tertiary/aromatic N) is 2. The first-order valence-electron chi connectivity index (χ1n) is 4.86. The molecule has 0 saturated carbocycles. The van der Waals surface area contributed by atoms with Crippen LogP contribution in [0, 0.1) is 0 Å². The molecule has 0 aliphatic heterocycles. The third-order valence-electron chi connectivity index (χ3n) is 2.08. The van der Waals surface area contributed by atoms with Gasteiger partial charge in [0.1, 0.15) is 5.75 Å². The lowest BCUT2D eigenvalue weighted by molar-refractivity contribution is 0.381. The Balaban J connectivity index is 2.05. The fourth-order valence-electron chi connectivity index (χ4n) is 1.34. The average molecular weight is 236 g/mol. The first-order chi connectivity index (χ1) is 7.78. The zero-order chi connectivity index (χ0) is 11.4. The molecule has 0 amide bonds. The molecule has 16 heavy (non-hydrogen) atoms. The molecular weight excluding hydrogens is 224 g/mol. The second kappa shape index (κ2) is 5.03. The van der Waals surface area contributed by atoms with Crippen LogP contribution in [0.15, 0.2) is 28.8 Å². The Labute approximate surface area is 97.7 Å². The van der Waals surface area contributed by atoms with Crippen LogP contribution in [0.4, 0.5) is 0 Å². The van der Waals surface area contributed by atoms with Crippen LogP contribution >= 0.6 is 11.8 Å². The van der Waals surface area contributed by atoms with E-state index in [9.17, 15) is 0 Å². The van der Waals surface area contributed by atoms with Crippen LogP contribution in [0.25, 0.3) is 0 Å². The van der Waals surface area contributed by atoms with Crippen LogP contribution in [0.2, 0.25) is 0 Å². The number of benzene rings is 1. The summed E-state index contributed by atoms with van der Waals surface area (Å²) < 4.78 is 5.11. The fourth-order valence-corrected chi connectivity index (χ4v) is 1.71. The van der Waals surface area contributed by atoms with Crippen LogP contribution in [0.1, 0.15) is 17.3 Å². The van der Waals surface area contributed by atoms with Gasteiger partial charge in [-0.15, -0.1) is 0 Å². The largest absolute Gasteiger partial charge is 0.508 e.